The zero-order valence-corrected chi connectivity index (χ0v) is 18.7. The number of aromatic nitrogens is 1. The average Bonchev–Trinajstić information content (AvgIpc) is 3.49. The number of rotatable bonds is 4. The van der Waals surface area contributed by atoms with Gasteiger partial charge in [-0.3, -0.25) is 9.69 Å². The number of likely N-dealkylation sites (tertiary alicyclic amines) is 1. The van der Waals surface area contributed by atoms with Gasteiger partial charge >= 0.3 is 0 Å². The Morgan fingerprint density at radius 3 is 2.58 bits per heavy atom. The molecule has 1 amide bonds. The number of furan rings is 1. The van der Waals surface area contributed by atoms with Crippen LogP contribution in [0.25, 0.3) is 22.0 Å². The molecule has 2 aromatic heterocycles. The SMILES string of the molecule is CN1CCCC(N2CCN(C(=O)c3sc(-c4ccco4)nc3-c3ccccc3)CC2)C1. The fourth-order valence-electron chi connectivity index (χ4n) is 4.63. The van der Waals surface area contributed by atoms with Gasteiger partial charge in [-0.05, 0) is 38.6 Å². The molecular weight excluding hydrogens is 408 g/mol. The van der Waals surface area contributed by atoms with Crippen molar-refractivity contribution in [3.05, 3.63) is 53.6 Å². The first-order valence-electron chi connectivity index (χ1n) is 11.0. The summed E-state index contributed by atoms with van der Waals surface area (Å²) < 4.78 is 5.55. The Labute approximate surface area is 187 Å². The lowest BCUT2D eigenvalue weighted by molar-refractivity contribution is 0.0456. The first-order chi connectivity index (χ1) is 15.2. The summed E-state index contributed by atoms with van der Waals surface area (Å²) in [5.41, 5.74) is 1.71. The first kappa shape index (κ1) is 20.4. The van der Waals surface area contributed by atoms with Crippen molar-refractivity contribution in [3.8, 4) is 22.0 Å². The van der Waals surface area contributed by atoms with Crippen LogP contribution in [0.5, 0.6) is 0 Å². The van der Waals surface area contributed by atoms with Crippen molar-refractivity contribution in [1.29, 1.82) is 0 Å². The van der Waals surface area contributed by atoms with Gasteiger partial charge in [-0.25, -0.2) is 4.98 Å². The van der Waals surface area contributed by atoms with Gasteiger partial charge in [0, 0.05) is 44.3 Å². The third-order valence-corrected chi connectivity index (χ3v) is 7.38. The summed E-state index contributed by atoms with van der Waals surface area (Å²) in [5.74, 6) is 0.780. The quantitative estimate of drug-likeness (QED) is 0.620. The number of piperazine rings is 1. The summed E-state index contributed by atoms with van der Waals surface area (Å²) in [7, 11) is 2.21. The molecule has 0 aliphatic carbocycles. The van der Waals surface area contributed by atoms with Crippen LogP contribution in [0, 0.1) is 0 Å². The molecule has 0 bridgehead atoms. The normalized spacial score (nSPS) is 20.8. The van der Waals surface area contributed by atoms with Gasteiger partial charge in [0.1, 0.15) is 4.88 Å². The van der Waals surface area contributed by atoms with Crippen LogP contribution >= 0.6 is 11.3 Å². The number of thiazole rings is 1. The van der Waals surface area contributed by atoms with Crippen molar-refractivity contribution in [2.24, 2.45) is 0 Å². The second-order valence-electron chi connectivity index (χ2n) is 8.43. The van der Waals surface area contributed by atoms with E-state index in [-0.39, 0.29) is 5.91 Å². The highest BCUT2D eigenvalue weighted by atomic mass is 32.1. The number of hydrogen-bond donors (Lipinski definition) is 0. The Kier molecular flexibility index (Phi) is 5.89. The molecule has 3 aromatic rings. The molecule has 0 saturated carbocycles. The van der Waals surface area contributed by atoms with Crippen LogP contribution in [0.15, 0.2) is 53.1 Å². The highest BCUT2D eigenvalue weighted by molar-refractivity contribution is 7.17. The van der Waals surface area contributed by atoms with Crippen molar-refractivity contribution < 1.29 is 9.21 Å². The molecule has 5 rings (SSSR count). The van der Waals surface area contributed by atoms with Crippen LogP contribution in [0.4, 0.5) is 0 Å². The number of nitrogens with zero attached hydrogens (tertiary/aromatic N) is 4. The Morgan fingerprint density at radius 2 is 1.87 bits per heavy atom. The fourth-order valence-corrected chi connectivity index (χ4v) is 5.66. The zero-order valence-electron chi connectivity index (χ0n) is 17.9. The van der Waals surface area contributed by atoms with E-state index >= 15 is 0 Å². The molecule has 2 aliphatic rings. The van der Waals surface area contributed by atoms with Crippen molar-refractivity contribution in [2.45, 2.75) is 18.9 Å². The van der Waals surface area contributed by atoms with Crippen molar-refractivity contribution >= 4 is 17.2 Å². The molecule has 0 spiro atoms. The number of hydrogen-bond acceptors (Lipinski definition) is 6. The fraction of sp³-hybridized carbons (Fsp3) is 0.417. The molecule has 31 heavy (non-hydrogen) atoms. The predicted octanol–water partition coefficient (Wildman–Crippen LogP) is 3.92. The standard InChI is InChI=1S/C24H28N4O2S/c1-26-11-5-9-19(17-26)27-12-14-28(15-13-27)24(29)22-21(18-7-3-2-4-8-18)25-23(31-22)20-10-6-16-30-20/h2-4,6-8,10,16,19H,5,9,11-15,17H2,1H3. The van der Waals surface area contributed by atoms with E-state index in [0.717, 1.165) is 49.0 Å². The third-order valence-electron chi connectivity index (χ3n) is 6.32. The molecule has 1 atom stereocenters. The maximum Gasteiger partial charge on any atom is 0.266 e. The lowest BCUT2D eigenvalue weighted by atomic mass is 10.0. The summed E-state index contributed by atoms with van der Waals surface area (Å²) >= 11 is 1.43. The third kappa shape index (κ3) is 4.31. The molecule has 0 radical (unpaired) electrons. The molecule has 0 N–H and O–H groups in total. The first-order valence-corrected chi connectivity index (χ1v) is 11.8. The minimum atomic E-state index is 0.0783. The highest BCUT2D eigenvalue weighted by Crippen LogP contribution is 2.35. The molecule has 4 heterocycles. The maximum absolute atomic E-state index is 13.6. The van der Waals surface area contributed by atoms with E-state index in [1.54, 1.807) is 6.26 Å². The lowest BCUT2D eigenvalue weighted by Gasteiger charge is -2.42. The predicted molar refractivity (Wildman–Crippen MR) is 123 cm³/mol. The van der Waals surface area contributed by atoms with Crippen LogP contribution in [0.1, 0.15) is 22.5 Å². The number of carbonyl (C=O) groups excluding carboxylic acids is 1. The van der Waals surface area contributed by atoms with Crippen molar-refractivity contribution in [3.63, 3.8) is 0 Å². The highest BCUT2D eigenvalue weighted by Gasteiger charge is 2.31. The van der Waals surface area contributed by atoms with Gasteiger partial charge in [0.25, 0.3) is 5.91 Å². The van der Waals surface area contributed by atoms with Gasteiger partial charge < -0.3 is 14.2 Å². The molecule has 1 unspecified atom stereocenters. The summed E-state index contributed by atoms with van der Waals surface area (Å²) in [6.45, 7) is 5.74. The molecule has 2 saturated heterocycles. The van der Waals surface area contributed by atoms with Crippen LogP contribution in [-0.4, -0.2) is 77.9 Å². The van der Waals surface area contributed by atoms with Crippen LogP contribution in [0.2, 0.25) is 0 Å². The number of benzene rings is 1. The van der Waals surface area contributed by atoms with Crippen LogP contribution < -0.4 is 0 Å². The number of piperidine rings is 1. The topological polar surface area (TPSA) is 52.8 Å². The second kappa shape index (κ2) is 8.94. The maximum atomic E-state index is 13.6. The zero-order chi connectivity index (χ0) is 21.2. The van der Waals surface area contributed by atoms with E-state index in [9.17, 15) is 4.79 Å². The lowest BCUT2D eigenvalue weighted by Crippen LogP contribution is -2.55. The molecule has 2 aliphatic heterocycles. The van der Waals surface area contributed by atoms with Gasteiger partial charge in [-0.15, -0.1) is 11.3 Å². The summed E-state index contributed by atoms with van der Waals surface area (Å²) in [5, 5.41) is 0.746. The van der Waals surface area contributed by atoms with Crippen molar-refractivity contribution in [1.82, 2.24) is 19.7 Å². The molecule has 7 heteroatoms. The Balaban J connectivity index is 1.35. The minimum Gasteiger partial charge on any atom is -0.462 e. The van der Waals surface area contributed by atoms with E-state index in [0.29, 0.717) is 16.7 Å². The molecule has 1 aromatic carbocycles. The van der Waals surface area contributed by atoms with Crippen molar-refractivity contribution in [2.75, 3.05) is 46.3 Å². The van der Waals surface area contributed by atoms with E-state index in [4.69, 9.17) is 9.40 Å². The average molecular weight is 437 g/mol. The largest absolute Gasteiger partial charge is 0.462 e. The van der Waals surface area contributed by atoms with E-state index in [1.807, 2.05) is 47.4 Å². The van der Waals surface area contributed by atoms with Gasteiger partial charge in [-0.1, -0.05) is 30.3 Å². The molecule has 162 valence electrons. The molecule has 6 nitrogen and oxygen atoms in total. The Bertz CT molecular complexity index is 1010. The smallest absolute Gasteiger partial charge is 0.266 e. The second-order valence-corrected chi connectivity index (χ2v) is 9.43. The van der Waals surface area contributed by atoms with Crippen LogP contribution in [-0.2, 0) is 0 Å². The minimum absolute atomic E-state index is 0.0783. The summed E-state index contributed by atoms with van der Waals surface area (Å²) in [6.07, 6.45) is 4.16. The van der Waals surface area contributed by atoms with E-state index < -0.39 is 0 Å². The monoisotopic (exact) mass is 436 g/mol. The number of amides is 1. The van der Waals surface area contributed by atoms with Gasteiger partial charge in [0.15, 0.2) is 10.8 Å². The summed E-state index contributed by atoms with van der Waals surface area (Å²) in [4.78, 5) is 26.0. The van der Waals surface area contributed by atoms with E-state index in [2.05, 4.69) is 16.8 Å². The number of carbonyl (C=O) groups is 1. The van der Waals surface area contributed by atoms with Gasteiger partial charge in [-0.2, -0.15) is 0 Å². The Hall–Kier alpha value is -2.48. The van der Waals surface area contributed by atoms with Gasteiger partial charge in [0.05, 0.1) is 12.0 Å². The van der Waals surface area contributed by atoms with Crippen LogP contribution in [0.3, 0.4) is 0 Å². The van der Waals surface area contributed by atoms with E-state index in [1.165, 1.54) is 30.7 Å². The number of likely N-dealkylation sites (N-methyl/N-ethyl adjacent to an activating group) is 1. The molecular formula is C24H28N4O2S. The Morgan fingerprint density at radius 1 is 1.06 bits per heavy atom. The molecule has 2 fully saturated rings. The van der Waals surface area contributed by atoms with Gasteiger partial charge in [0.2, 0.25) is 0 Å². The summed E-state index contributed by atoms with van der Waals surface area (Å²) in [6, 6.07) is 14.3.